The number of halogens is 17. The van der Waals surface area contributed by atoms with Crippen LogP contribution in [-0.4, -0.2) is 64.0 Å². The molecule has 0 aliphatic carbocycles. The monoisotopic (exact) mass is 528 g/mol. The number of hydrogen-bond acceptors (Lipinski definition) is 3. The molecule has 0 fully saturated rings. The molecule has 0 aromatic carbocycles. The molecule has 2 N–H and O–H groups in total. The second-order valence-corrected chi connectivity index (χ2v) is 6.25. The van der Waals surface area contributed by atoms with Gasteiger partial charge in [0, 0.05) is 6.42 Å². The van der Waals surface area contributed by atoms with Crippen molar-refractivity contribution in [2.24, 2.45) is 0 Å². The van der Waals surface area contributed by atoms with Gasteiger partial charge in [-0.1, -0.05) is 0 Å². The largest absolute Gasteiger partial charge is 0.460 e. The molecule has 0 spiro atoms. The van der Waals surface area contributed by atoms with Crippen LogP contribution in [0.4, 0.5) is 74.6 Å². The standard InChI is InChI=1S/C10H6F17O3P/c11-3(12,1-2-30-31(28)29)4(13,14)5(15,16)6(17,18)7(19,20)8(21,22)9(23,24)10(25,26)27/h28-29H,1-2H2. The molecule has 0 heterocycles. The highest BCUT2D eigenvalue weighted by Crippen LogP contribution is 2.64. The van der Waals surface area contributed by atoms with Gasteiger partial charge in [0.1, 0.15) is 0 Å². The summed E-state index contributed by atoms with van der Waals surface area (Å²) in [4.78, 5) is 16.3. The van der Waals surface area contributed by atoms with Crippen molar-refractivity contribution in [1.82, 2.24) is 0 Å². The Balaban J connectivity index is 6.43. The first-order chi connectivity index (χ1) is 13.2. The highest BCUT2D eigenvalue weighted by atomic mass is 31.2. The van der Waals surface area contributed by atoms with Crippen LogP contribution in [0.25, 0.3) is 0 Å². The molecule has 0 aromatic heterocycles. The van der Waals surface area contributed by atoms with E-state index in [1.807, 2.05) is 0 Å². The van der Waals surface area contributed by atoms with Crippen LogP contribution in [0, 0.1) is 0 Å². The van der Waals surface area contributed by atoms with Gasteiger partial charge in [0.05, 0.1) is 6.61 Å². The van der Waals surface area contributed by atoms with Gasteiger partial charge < -0.3 is 14.3 Å². The van der Waals surface area contributed by atoms with E-state index < -0.39 is 69.3 Å². The summed E-state index contributed by atoms with van der Waals surface area (Å²) >= 11 is 0. The first kappa shape index (κ1) is 30.1. The predicted octanol–water partition coefficient (Wildman–Crippen LogP) is 5.61. The lowest BCUT2D eigenvalue weighted by Gasteiger charge is -2.42. The van der Waals surface area contributed by atoms with Crippen LogP contribution in [0.3, 0.4) is 0 Å². The molecule has 0 radical (unpaired) electrons. The van der Waals surface area contributed by atoms with Crippen LogP contribution in [0.15, 0.2) is 0 Å². The lowest BCUT2D eigenvalue weighted by atomic mass is 9.88. The molecule has 0 aliphatic rings. The molecule has 21 heteroatoms. The number of alkyl halides is 17. The summed E-state index contributed by atoms with van der Waals surface area (Å²) < 4.78 is 223. The predicted molar refractivity (Wildman–Crippen MR) is 62.6 cm³/mol. The van der Waals surface area contributed by atoms with Gasteiger partial charge in [0.25, 0.3) is 0 Å². The fourth-order valence-electron chi connectivity index (χ4n) is 1.61. The van der Waals surface area contributed by atoms with Gasteiger partial charge >= 0.3 is 56.2 Å². The van der Waals surface area contributed by atoms with E-state index in [1.54, 1.807) is 0 Å². The molecular formula is C10H6F17O3P. The number of hydrogen-bond donors (Lipinski definition) is 2. The molecule has 0 unspecified atom stereocenters. The van der Waals surface area contributed by atoms with Crippen molar-refractivity contribution in [2.45, 2.75) is 54.1 Å². The highest BCUT2D eigenvalue weighted by Gasteiger charge is 2.95. The summed E-state index contributed by atoms with van der Waals surface area (Å²) in [6.45, 7) is -2.05. The van der Waals surface area contributed by atoms with E-state index in [0.29, 0.717) is 0 Å². The third kappa shape index (κ3) is 4.48. The summed E-state index contributed by atoms with van der Waals surface area (Å²) in [7, 11) is -3.62. The van der Waals surface area contributed by atoms with Gasteiger partial charge in [-0.3, -0.25) is 0 Å². The Labute approximate surface area is 159 Å². The van der Waals surface area contributed by atoms with Crippen LogP contribution in [0.5, 0.6) is 0 Å². The SMILES string of the molecule is OP(O)OCCC(F)(F)C(F)(F)C(F)(F)C(F)(F)C(F)(F)C(F)(F)C(F)(F)C(F)(F)F. The van der Waals surface area contributed by atoms with Crippen molar-refractivity contribution in [3.8, 4) is 0 Å². The van der Waals surface area contributed by atoms with Crippen molar-refractivity contribution in [3.63, 3.8) is 0 Å². The van der Waals surface area contributed by atoms with E-state index in [9.17, 15) is 74.6 Å². The minimum absolute atomic E-state index is 2.05. The summed E-state index contributed by atoms with van der Waals surface area (Å²) in [6, 6.07) is 0. The quantitative estimate of drug-likeness (QED) is 0.286. The molecule has 0 bridgehead atoms. The Hall–Kier alpha value is -0.880. The fraction of sp³-hybridized carbons (Fsp3) is 1.00. The van der Waals surface area contributed by atoms with Gasteiger partial charge in [0.15, 0.2) is 0 Å². The molecule has 188 valence electrons. The maximum Gasteiger partial charge on any atom is 0.460 e. The molecule has 0 saturated carbocycles. The van der Waals surface area contributed by atoms with Gasteiger partial charge in [-0.25, -0.2) is 0 Å². The molecule has 0 saturated heterocycles. The molecule has 0 rings (SSSR count). The van der Waals surface area contributed by atoms with Gasteiger partial charge in [-0.15, -0.1) is 0 Å². The zero-order valence-electron chi connectivity index (χ0n) is 13.6. The van der Waals surface area contributed by atoms with E-state index in [2.05, 4.69) is 4.52 Å². The average molecular weight is 528 g/mol. The first-order valence-corrected chi connectivity index (χ1v) is 7.85. The van der Waals surface area contributed by atoms with Crippen molar-refractivity contribution in [1.29, 1.82) is 0 Å². The Kier molecular flexibility index (Phi) is 7.93. The highest BCUT2D eigenvalue weighted by molar-refractivity contribution is 7.39. The Morgan fingerprint density at radius 1 is 0.484 bits per heavy atom. The van der Waals surface area contributed by atoms with E-state index >= 15 is 0 Å². The van der Waals surface area contributed by atoms with Crippen LogP contribution in [0.1, 0.15) is 6.42 Å². The van der Waals surface area contributed by atoms with Crippen LogP contribution in [-0.2, 0) is 4.52 Å². The van der Waals surface area contributed by atoms with E-state index in [1.165, 1.54) is 0 Å². The topological polar surface area (TPSA) is 49.7 Å². The van der Waals surface area contributed by atoms with Crippen molar-refractivity contribution in [2.75, 3.05) is 6.61 Å². The zero-order valence-corrected chi connectivity index (χ0v) is 14.5. The van der Waals surface area contributed by atoms with E-state index in [0.717, 1.165) is 0 Å². The third-order valence-electron chi connectivity index (χ3n) is 3.41. The minimum Gasteiger partial charge on any atom is -0.328 e. The Morgan fingerprint density at radius 2 is 0.774 bits per heavy atom. The van der Waals surface area contributed by atoms with Crippen LogP contribution in [0.2, 0.25) is 0 Å². The first-order valence-electron chi connectivity index (χ1n) is 6.69. The molecule has 0 aliphatic heterocycles. The summed E-state index contributed by atoms with van der Waals surface area (Å²) in [5.41, 5.74) is 0. The molecular weight excluding hydrogens is 522 g/mol. The summed E-state index contributed by atoms with van der Waals surface area (Å²) in [5.74, 6) is -56.8. The second kappa shape index (κ2) is 8.16. The van der Waals surface area contributed by atoms with E-state index in [4.69, 9.17) is 9.79 Å². The lowest BCUT2D eigenvalue weighted by Crippen LogP contribution is -2.74. The molecule has 0 atom stereocenters. The number of rotatable bonds is 10. The average Bonchev–Trinajstić information content (AvgIpc) is 2.51. The van der Waals surface area contributed by atoms with Crippen molar-refractivity contribution < 1.29 is 88.9 Å². The maximum atomic E-state index is 13.3. The Bertz CT molecular complexity index is 628. The van der Waals surface area contributed by atoms with Crippen molar-refractivity contribution >= 4 is 8.60 Å². The molecule has 3 nitrogen and oxygen atoms in total. The third-order valence-corrected chi connectivity index (χ3v) is 3.82. The minimum atomic E-state index is -8.68. The maximum absolute atomic E-state index is 13.3. The summed E-state index contributed by atoms with van der Waals surface area (Å²) in [6.07, 6.45) is -10.7. The van der Waals surface area contributed by atoms with Gasteiger partial charge in [0.2, 0.25) is 0 Å². The fourth-order valence-corrected chi connectivity index (χ4v) is 1.86. The second-order valence-electron chi connectivity index (χ2n) is 5.48. The lowest BCUT2D eigenvalue weighted by molar-refractivity contribution is -0.461. The smallest absolute Gasteiger partial charge is 0.328 e. The Morgan fingerprint density at radius 3 is 1.06 bits per heavy atom. The van der Waals surface area contributed by atoms with E-state index in [-0.39, 0.29) is 0 Å². The molecule has 0 aromatic rings. The van der Waals surface area contributed by atoms with Crippen LogP contribution < -0.4 is 0 Å². The molecule has 31 heavy (non-hydrogen) atoms. The van der Waals surface area contributed by atoms with Crippen LogP contribution >= 0.6 is 8.60 Å². The normalized spacial score (nSPS) is 16.3. The van der Waals surface area contributed by atoms with Gasteiger partial charge in [-0.2, -0.15) is 74.6 Å². The van der Waals surface area contributed by atoms with Gasteiger partial charge in [-0.05, 0) is 0 Å². The van der Waals surface area contributed by atoms with Crippen molar-refractivity contribution in [3.05, 3.63) is 0 Å². The zero-order chi connectivity index (χ0) is 25.7. The molecule has 0 amide bonds. The summed E-state index contributed by atoms with van der Waals surface area (Å²) in [5, 5.41) is 0.